The number of phenolic OH excluding ortho intramolecular Hbond substituents is 1. The summed E-state index contributed by atoms with van der Waals surface area (Å²) in [6.07, 6.45) is 0. The van der Waals surface area contributed by atoms with Crippen molar-refractivity contribution < 1.29 is 14.4 Å². The maximum absolute atomic E-state index is 13.1. The second-order valence-electron chi connectivity index (χ2n) is 3.91. The second-order valence-corrected chi connectivity index (χ2v) is 3.91. The van der Waals surface area contributed by atoms with Gasteiger partial charge in [-0.15, -0.1) is 0 Å². The van der Waals surface area contributed by atoms with E-state index in [4.69, 9.17) is 5.11 Å². The second kappa shape index (κ2) is 5.34. The molecule has 0 saturated heterocycles. The number of halogens is 1. The van der Waals surface area contributed by atoms with Gasteiger partial charge in [0.25, 0.3) is 5.69 Å². The van der Waals surface area contributed by atoms with Crippen LogP contribution in [0.5, 0.6) is 5.75 Å². The third kappa shape index (κ3) is 2.98. The molecular formula is C13H11FN2O3. The minimum atomic E-state index is -0.720. The fraction of sp³-hybridized carbons (Fsp3) is 0.0769. The van der Waals surface area contributed by atoms with Gasteiger partial charge in [0, 0.05) is 12.6 Å². The van der Waals surface area contributed by atoms with Crippen molar-refractivity contribution in [2.75, 3.05) is 5.32 Å². The van der Waals surface area contributed by atoms with E-state index < -0.39 is 16.5 Å². The average Bonchev–Trinajstić information content (AvgIpc) is 2.40. The third-order valence-corrected chi connectivity index (χ3v) is 2.60. The number of nitrogens with one attached hydrogen (secondary N) is 1. The van der Waals surface area contributed by atoms with Gasteiger partial charge in [-0.1, -0.05) is 18.2 Å². The van der Waals surface area contributed by atoms with Crippen molar-refractivity contribution in [2.45, 2.75) is 6.54 Å². The summed E-state index contributed by atoms with van der Waals surface area (Å²) in [4.78, 5) is 10.3. The minimum Gasteiger partial charge on any atom is -0.505 e. The van der Waals surface area contributed by atoms with Crippen LogP contribution in [0.3, 0.4) is 0 Å². The molecule has 0 fully saturated rings. The Labute approximate surface area is 108 Å². The molecule has 0 saturated carbocycles. The fourth-order valence-electron chi connectivity index (χ4n) is 1.64. The lowest BCUT2D eigenvalue weighted by atomic mass is 10.2. The number of rotatable bonds is 4. The van der Waals surface area contributed by atoms with Crippen molar-refractivity contribution in [3.63, 3.8) is 0 Å². The Hall–Kier alpha value is -2.63. The first kappa shape index (κ1) is 12.8. The molecule has 0 aromatic heterocycles. The predicted octanol–water partition coefficient (Wildman–Crippen LogP) is 3.05. The number of nitrogens with zero attached hydrogens (tertiary/aromatic N) is 1. The quantitative estimate of drug-likeness (QED) is 0.656. The van der Waals surface area contributed by atoms with E-state index in [1.165, 1.54) is 18.2 Å². The number of benzene rings is 2. The Morgan fingerprint density at radius 1 is 1.26 bits per heavy atom. The summed E-state index contributed by atoms with van der Waals surface area (Å²) in [7, 11) is 0. The molecule has 2 rings (SSSR count). The topological polar surface area (TPSA) is 75.4 Å². The molecule has 0 heterocycles. The molecule has 2 aromatic carbocycles. The summed E-state index contributed by atoms with van der Waals surface area (Å²) in [5.74, 6) is -1.14. The number of nitro groups is 1. The van der Waals surface area contributed by atoms with Gasteiger partial charge in [-0.25, -0.2) is 4.39 Å². The minimum absolute atomic E-state index is 0.0400. The summed E-state index contributed by atoms with van der Waals surface area (Å²) in [6.45, 7) is 0.224. The van der Waals surface area contributed by atoms with Crippen LogP contribution in [0.1, 0.15) is 5.56 Å². The van der Waals surface area contributed by atoms with Crippen molar-refractivity contribution in [1.82, 2.24) is 0 Å². The number of aromatic hydroxyl groups is 1. The normalized spacial score (nSPS) is 10.2. The van der Waals surface area contributed by atoms with Gasteiger partial charge in [0.1, 0.15) is 5.69 Å². The first-order chi connectivity index (χ1) is 9.08. The van der Waals surface area contributed by atoms with Gasteiger partial charge in [0.2, 0.25) is 0 Å². The van der Waals surface area contributed by atoms with E-state index in [2.05, 4.69) is 5.32 Å². The van der Waals surface area contributed by atoms with Crippen molar-refractivity contribution in [3.05, 3.63) is 64.0 Å². The Morgan fingerprint density at radius 3 is 2.68 bits per heavy atom. The maximum Gasteiger partial charge on any atom is 0.292 e. The van der Waals surface area contributed by atoms with Gasteiger partial charge in [-0.05, 0) is 23.8 Å². The first-order valence-electron chi connectivity index (χ1n) is 5.52. The van der Waals surface area contributed by atoms with Gasteiger partial charge in [0.05, 0.1) is 4.92 Å². The van der Waals surface area contributed by atoms with Crippen LogP contribution in [0.2, 0.25) is 0 Å². The van der Waals surface area contributed by atoms with Gasteiger partial charge in [0.15, 0.2) is 11.6 Å². The van der Waals surface area contributed by atoms with Gasteiger partial charge in [-0.2, -0.15) is 0 Å². The fourth-order valence-corrected chi connectivity index (χ4v) is 1.64. The zero-order valence-corrected chi connectivity index (χ0v) is 9.84. The Bertz CT molecular complexity index is 617. The number of hydrogen-bond acceptors (Lipinski definition) is 4. The Balaban J connectivity index is 2.14. The van der Waals surface area contributed by atoms with E-state index in [9.17, 15) is 14.5 Å². The first-order valence-corrected chi connectivity index (χ1v) is 5.52. The number of phenols is 1. The molecule has 2 aromatic rings. The van der Waals surface area contributed by atoms with Crippen molar-refractivity contribution >= 4 is 11.4 Å². The van der Waals surface area contributed by atoms with Crippen LogP contribution in [-0.2, 0) is 6.54 Å². The van der Waals surface area contributed by atoms with Crippen molar-refractivity contribution in [2.24, 2.45) is 0 Å². The van der Waals surface area contributed by atoms with Crippen molar-refractivity contribution in [3.8, 4) is 5.75 Å². The Kier molecular flexibility index (Phi) is 3.61. The predicted molar refractivity (Wildman–Crippen MR) is 68.5 cm³/mol. The van der Waals surface area contributed by atoms with Crippen LogP contribution in [0.4, 0.5) is 15.8 Å². The lowest BCUT2D eigenvalue weighted by molar-refractivity contribution is -0.384. The number of nitro benzene ring substituents is 1. The molecule has 6 heteroatoms. The lowest BCUT2D eigenvalue weighted by Gasteiger charge is -2.07. The summed E-state index contributed by atoms with van der Waals surface area (Å²) < 4.78 is 13.1. The molecule has 0 aliphatic rings. The number of hydrogen-bond donors (Lipinski definition) is 2. The highest BCUT2D eigenvalue weighted by Crippen LogP contribution is 2.24. The zero-order valence-electron chi connectivity index (χ0n) is 9.84. The standard InChI is InChI=1S/C13H11FN2O3/c14-10-7-9(5-6-13(10)17)8-15-11-3-1-2-4-12(11)16(18)19/h1-7,15,17H,8H2. The lowest BCUT2D eigenvalue weighted by Crippen LogP contribution is -2.02. The van der Waals surface area contributed by atoms with Crippen LogP contribution >= 0.6 is 0 Å². The molecule has 2 N–H and O–H groups in total. The molecule has 0 atom stereocenters. The Morgan fingerprint density at radius 2 is 2.00 bits per heavy atom. The van der Waals surface area contributed by atoms with E-state index in [0.29, 0.717) is 11.3 Å². The SMILES string of the molecule is O=[N+]([O-])c1ccccc1NCc1ccc(O)c(F)c1. The van der Waals surface area contributed by atoms with Crippen LogP contribution in [-0.4, -0.2) is 10.0 Å². The molecule has 19 heavy (non-hydrogen) atoms. The monoisotopic (exact) mass is 262 g/mol. The van der Waals surface area contributed by atoms with Crippen LogP contribution < -0.4 is 5.32 Å². The molecular weight excluding hydrogens is 251 g/mol. The van der Waals surface area contributed by atoms with Crippen LogP contribution in [0.15, 0.2) is 42.5 Å². The molecule has 0 unspecified atom stereocenters. The van der Waals surface area contributed by atoms with Crippen LogP contribution in [0, 0.1) is 15.9 Å². The van der Waals surface area contributed by atoms with Crippen LogP contribution in [0.25, 0.3) is 0 Å². The molecule has 98 valence electrons. The van der Waals surface area contributed by atoms with E-state index in [-0.39, 0.29) is 12.2 Å². The summed E-state index contributed by atoms with van der Waals surface area (Å²) in [6, 6.07) is 10.2. The molecule has 5 nitrogen and oxygen atoms in total. The molecule has 0 radical (unpaired) electrons. The van der Waals surface area contributed by atoms with Gasteiger partial charge >= 0.3 is 0 Å². The van der Waals surface area contributed by atoms with Gasteiger partial charge < -0.3 is 10.4 Å². The highest BCUT2D eigenvalue weighted by molar-refractivity contribution is 5.61. The largest absolute Gasteiger partial charge is 0.505 e. The smallest absolute Gasteiger partial charge is 0.292 e. The molecule has 0 aliphatic heterocycles. The van der Waals surface area contributed by atoms with E-state index in [1.807, 2.05) is 0 Å². The van der Waals surface area contributed by atoms with E-state index in [0.717, 1.165) is 0 Å². The third-order valence-electron chi connectivity index (χ3n) is 2.60. The maximum atomic E-state index is 13.1. The highest BCUT2D eigenvalue weighted by atomic mass is 19.1. The summed E-state index contributed by atoms with van der Waals surface area (Å²) in [5, 5.41) is 22.7. The highest BCUT2D eigenvalue weighted by Gasteiger charge is 2.11. The van der Waals surface area contributed by atoms with E-state index in [1.54, 1.807) is 24.3 Å². The summed E-state index contributed by atoms with van der Waals surface area (Å²) >= 11 is 0. The summed E-state index contributed by atoms with van der Waals surface area (Å²) in [5.41, 5.74) is 0.899. The number of para-hydroxylation sites is 2. The van der Waals surface area contributed by atoms with E-state index >= 15 is 0 Å². The van der Waals surface area contributed by atoms with Gasteiger partial charge in [-0.3, -0.25) is 10.1 Å². The number of anilines is 1. The molecule has 0 spiro atoms. The van der Waals surface area contributed by atoms with Crippen molar-refractivity contribution in [1.29, 1.82) is 0 Å². The molecule has 0 amide bonds. The molecule has 0 aliphatic carbocycles. The molecule has 0 bridgehead atoms. The average molecular weight is 262 g/mol. The zero-order chi connectivity index (χ0) is 13.8.